The monoisotopic (exact) mass is 294 g/mol. The van der Waals surface area contributed by atoms with Crippen LogP contribution < -0.4 is 0 Å². The van der Waals surface area contributed by atoms with Crippen LogP contribution in [0, 0.1) is 0 Å². The Morgan fingerprint density at radius 2 is 1.42 bits per heavy atom. The minimum absolute atomic E-state index is 0.00647. The molecule has 1 rings (SSSR count). The van der Waals surface area contributed by atoms with Crippen molar-refractivity contribution in [2.45, 2.75) is 45.4 Å². The molecule has 1 fully saturated rings. The molecule has 1 aliphatic rings. The Kier molecular flexibility index (Phi) is 5.56. The Morgan fingerprint density at radius 3 is 1.84 bits per heavy atom. The molecule has 4 atom stereocenters. The van der Waals surface area contributed by atoms with Gasteiger partial charge in [0.2, 0.25) is 12.4 Å². The molecule has 0 aromatic rings. The lowest BCUT2D eigenvalue weighted by molar-refractivity contribution is -0.194. The molecule has 0 aromatic carbocycles. The molecule has 7 nitrogen and oxygen atoms in total. The van der Waals surface area contributed by atoms with Crippen LogP contribution in [0.4, 0.5) is 0 Å². The van der Waals surface area contributed by atoms with Crippen LogP contribution in [0.2, 0.25) is 0 Å². The van der Waals surface area contributed by atoms with E-state index in [1.165, 1.54) is 20.8 Å². The molecule has 1 heterocycles. The molecular formula is C11H15ClO7. The van der Waals surface area contributed by atoms with Gasteiger partial charge < -0.3 is 18.9 Å². The van der Waals surface area contributed by atoms with E-state index in [1.807, 2.05) is 0 Å². The van der Waals surface area contributed by atoms with Crippen LogP contribution >= 0.6 is 11.6 Å². The first-order chi connectivity index (χ1) is 8.85. The number of carbonyl (C=O) groups is 3. The van der Waals surface area contributed by atoms with Crippen molar-refractivity contribution in [1.82, 2.24) is 0 Å². The van der Waals surface area contributed by atoms with Gasteiger partial charge in [0.1, 0.15) is 6.10 Å². The Morgan fingerprint density at radius 1 is 0.947 bits per heavy atom. The summed E-state index contributed by atoms with van der Waals surface area (Å²) in [6.07, 6.45) is -3.81. The average Bonchev–Trinajstić information content (AvgIpc) is 2.55. The van der Waals surface area contributed by atoms with Gasteiger partial charge in [0.15, 0.2) is 6.10 Å². The molecule has 0 aliphatic carbocycles. The average molecular weight is 295 g/mol. The summed E-state index contributed by atoms with van der Waals surface area (Å²) >= 11 is 5.69. The van der Waals surface area contributed by atoms with Crippen molar-refractivity contribution in [1.29, 1.82) is 0 Å². The summed E-state index contributed by atoms with van der Waals surface area (Å²) in [5.41, 5.74) is 0. The zero-order chi connectivity index (χ0) is 14.6. The highest BCUT2D eigenvalue weighted by atomic mass is 35.5. The summed E-state index contributed by atoms with van der Waals surface area (Å²) in [6.45, 7) is 3.57. The van der Waals surface area contributed by atoms with Crippen molar-refractivity contribution in [3.8, 4) is 0 Å². The van der Waals surface area contributed by atoms with Crippen LogP contribution in [0.5, 0.6) is 0 Å². The molecule has 0 amide bonds. The van der Waals surface area contributed by atoms with Gasteiger partial charge in [-0.1, -0.05) is 0 Å². The van der Waals surface area contributed by atoms with Crippen LogP contribution in [-0.4, -0.2) is 48.4 Å². The van der Waals surface area contributed by atoms with Gasteiger partial charge in [-0.25, -0.2) is 0 Å². The molecular weight excluding hydrogens is 280 g/mol. The molecule has 108 valence electrons. The van der Waals surface area contributed by atoms with E-state index in [2.05, 4.69) is 0 Å². The number of carbonyl (C=O) groups excluding carboxylic acids is 3. The van der Waals surface area contributed by atoms with Crippen LogP contribution in [-0.2, 0) is 33.3 Å². The van der Waals surface area contributed by atoms with E-state index in [-0.39, 0.29) is 5.88 Å². The van der Waals surface area contributed by atoms with Gasteiger partial charge in [-0.2, -0.15) is 0 Å². The van der Waals surface area contributed by atoms with Gasteiger partial charge >= 0.3 is 17.9 Å². The molecule has 19 heavy (non-hydrogen) atoms. The minimum Gasteiger partial charge on any atom is -0.455 e. The molecule has 0 unspecified atom stereocenters. The molecule has 0 bridgehead atoms. The van der Waals surface area contributed by atoms with Crippen LogP contribution in [0.1, 0.15) is 20.8 Å². The van der Waals surface area contributed by atoms with Crippen LogP contribution in [0.25, 0.3) is 0 Å². The maximum atomic E-state index is 11.1. The number of hydrogen-bond donors (Lipinski definition) is 0. The van der Waals surface area contributed by atoms with E-state index in [0.29, 0.717) is 0 Å². The lowest BCUT2D eigenvalue weighted by Crippen LogP contribution is -2.41. The highest BCUT2D eigenvalue weighted by Crippen LogP contribution is 2.28. The predicted molar refractivity (Wildman–Crippen MR) is 62.3 cm³/mol. The number of rotatable bonds is 4. The third-order valence-corrected chi connectivity index (χ3v) is 2.61. The Balaban J connectivity index is 2.90. The topological polar surface area (TPSA) is 88.1 Å². The molecule has 0 radical (unpaired) electrons. The number of hydrogen-bond acceptors (Lipinski definition) is 7. The van der Waals surface area contributed by atoms with Gasteiger partial charge in [0.25, 0.3) is 0 Å². The molecule has 1 aliphatic heterocycles. The van der Waals surface area contributed by atoms with Crippen molar-refractivity contribution in [2.75, 3.05) is 5.88 Å². The molecule has 0 saturated carbocycles. The Labute approximate surface area is 115 Å². The molecule has 0 spiro atoms. The molecule has 0 aromatic heterocycles. The standard InChI is InChI=1S/C11H15ClO7/c1-5(13)16-9-8(4-12)19-11(18-7(3)15)10(9)17-6(2)14/h8-11H,4H2,1-3H3/t8-,9-,10-,11+/m1/s1. The second-order valence-electron chi connectivity index (χ2n) is 3.95. The first-order valence-corrected chi connectivity index (χ1v) is 6.11. The lowest BCUT2D eigenvalue weighted by atomic mass is 10.1. The summed E-state index contributed by atoms with van der Waals surface area (Å²) in [7, 11) is 0. The number of halogens is 1. The molecule has 1 saturated heterocycles. The summed E-state index contributed by atoms with van der Waals surface area (Å²) in [6, 6.07) is 0. The summed E-state index contributed by atoms with van der Waals surface area (Å²) < 4.78 is 20.2. The first-order valence-electron chi connectivity index (χ1n) is 5.58. The fourth-order valence-electron chi connectivity index (χ4n) is 1.73. The number of ether oxygens (including phenoxy) is 4. The fourth-order valence-corrected chi connectivity index (χ4v) is 1.97. The third kappa shape index (κ3) is 4.36. The first kappa shape index (κ1) is 15.7. The molecule has 0 N–H and O–H groups in total. The van der Waals surface area contributed by atoms with Crippen molar-refractivity contribution in [3.05, 3.63) is 0 Å². The highest BCUT2D eigenvalue weighted by Gasteiger charge is 2.50. The van der Waals surface area contributed by atoms with E-state index in [1.54, 1.807) is 0 Å². The normalized spacial score (nSPS) is 29.7. The second kappa shape index (κ2) is 6.72. The minimum atomic E-state index is -1.14. The van der Waals surface area contributed by atoms with Crippen molar-refractivity contribution in [2.24, 2.45) is 0 Å². The maximum absolute atomic E-state index is 11.1. The number of esters is 3. The maximum Gasteiger partial charge on any atom is 0.305 e. The SMILES string of the molecule is CC(=O)O[C@H]1O[C@H](CCl)[C@@H](OC(C)=O)[C@H]1OC(C)=O. The van der Waals surface area contributed by atoms with E-state index in [0.717, 1.165) is 0 Å². The smallest absolute Gasteiger partial charge is 0.305 e. The van der Waals surface area contributed by atoms with Gasteiger partial charge in [-0.3, -0.25) is 14.4 Å². The van der Waals surface area contributed by atoms with Crippen molar-refractivity contribution >= 4 is 29.5 Å². The van der Waals surface area contributed by atoms with E-state index < -0.39 is 42.5 Å². The second-order valence-corrected chi connectivity index (χ2v) is 4.26. The van der Waals surface area contributed by atoms with Gasteiger partial charge in [0, 0.05) is 20.8 Å². The van der Waals surface area contributed by atoms with Gasteiger partial charge in [-0.15, -0.1) is 11.6 Å². The zero-order valence-corrected chi connectivity index (χ0v) is 11.5. The van der Waals surface area contributed by atoms with Crippen LogP contribution in [0.3, 0.4) is 0 Å². The Hall–Kier alpha value is -1.34. The Bertz CT molecular complexity index is 370. The van der Waals surface area contributed by atoms with Gasteiger partial charge in [-0.05, 0) is 0 Å². The summed E-state index contributed by atoms with van der Waals surface area (Å²) in [4.78, 5) is 33.1. The summed E-state index contributed by atoms with van der Waals surface area (Å²) in [5, 5.41) is 0. The third-order valence-electron chi connectivity index (χ3n) is 2.31. The number of alkyl halides is 1. The van der Waals surface area contributed by atoms with E-state index in [9.17, 15) is 14.4 Å². The predicted octanol–water partition coefficient (Wildman–Crippen LogP) is 0.377. The fraction of sp³-hybridized carbons (Fsp3) is 0.727. The molecule has 8 heteroatoms. The largest absolute Gasteiger partial charge is 0.455 e. The van der Waals surface area contributed by atoms with Crippen molar-refractivity contribution < 1.29 is 33.3 Å². The van der Waals surface area contributed by atoms with Crippen LogP contribution in [0.15, 0.2) is 0 Å². The van der Waals surface area contributed by atoms with Gasteiger partial charge in [0.05, 0.1) is 5.88 Å². The van der Waals surface area contributed by atoms with E-state index in [4.69, 9.17) is 30.5 Å². The zero-order valence-electron chi connectivity index (χ0n) is 10.8. The van der Waals surface area contributed by atoms with E-state index >= 15 is 0 Å². The highest BCUT2D eigenvalue weighted by molar-refractivity contribution is 6.18. The summed E-state index contributed by atoms with van der Waals surface area (Å²) in [5.74, 6) is -1.81. The van der Waals surface area contributed by atoms with Crippen molar-refractivity contribution in [3.63, 3.8) is 0 Å². The quantitative estimate of drug-likeness (QED) is 0.420. The lowest BCUT2D eigenvalue weighted by Gasteiger charge is -2.22.